The maximum Gasteiger partial charge on any atom is 0.243 e. The summed E-state index contributed by atoms with van der Waals surface area (Å²) in [6, 6.07) is 12.6. The molecule has 0 radical (unpaired) electrons. The van der Waals surface area contributed by atoms with Gasteiger partial charge >= 0.3 is 0 Å². The van der Waals surface area contributed by atoms with Gasteiger partial charge in [-0.05, 0) is 49.6 Å². The second-order valence-electron chi connectivity index (χ2n) is 8.64. The van der Waals surface area contributed by atoms with Gasteiger partial charge in [-0.2, -0.15) is 0 Å². The van der Waals surface area contributed by atoms with Crippen molar-refractivity contribution in [3.8, 4) is 5.75 Å². The summed E-state index contributed by atoms with van der Waals surface area (Å²) < 4.78 is 6.49. The standard InChI is InChI=1S/C24H32N4O2S.HI/c1-28(2)22(29)17-26-23(25-14-11-18-8-7-15-31-18)27-20-16-24(12-5-6-13-24)30-21-10-4-3-9-19(20)21;/h3-4,7-10,15,20H,5-6,11-14,16-17H2,1-2H3,(H2,25,26,27);1H. The Labute approximate surface area is 211 Å². The van der Waals surface area contributed by atoms with Crippen molar-refractivity contribution in [2.75, 3.05) is 27.2 Å². The largest absolute Gasteiger partial charge is 0.487 e. The first-order chi connectivity index (χ1) is 15.0. The van der Waals surface area contributed by atoms with Crippen molar-refractivity contribution < 1.29 is 9.53 Å². The Morgan fingerprint density at radius 1 is 1.22 bits per heavy atom. The Morgan fingerprint density at radius 2 is 2.00 bits per heavy atom. The fourth-order valence-electron chi connectivity index (χ4n) is 4.44. The number of hydrogen-bond donors (Lipinski definition) is 2. The molecule has 2 aromatic rings. The molecule has 1 unspecified atom stereocenters. The number of benzene rings is 1. The number of halogens is 1. The van der Waals surface area contributed by atoms with Crippen molar-refractivity contribution in [3.63, 3.8) is 0 Å². The number of likely N-dealkylation sites (N-methyl/N-ethyl adjacent to an activating group) is 1. The Bertz CT molecular complexity index is 910. The van der Waals surface area contributed by atoms with Gasteiger partial charge in [0.1, 0.15) is 17.9 Å². The zero-order chi connectivity index (χ0) is 21.7. The average Bonchev–Trinajstić information content (AvgIpc) is 3.44. The molecule has 2 N–H and O–H groups in total. The van der Waals surface area contributed by atoms with E-state index >= 15 is 0 Å². The van der Waals surface area contributed by atoms with Gasteiger partial charge in [0.25, 0.3) is 0 Å². The summed E-state index contributed by atoms with van der Waals surface area (Å²) in [5, 5.41) is 9.17. The van der Waals surface area contributed by atoms with Crippen LogP contribution in [0.1, 0.15) is 48.6 Å². The summed E-state index contributed by atoms with van der Waals surface area (Å²) in [4.78, 5) is 19.7. The molecule has 1 aromatic heterocycles. The maximum absolute atomic E-state index is 12.1. The van der Waals surface area contributed by atoms with Gasteiger partial charge in [-0.25, -0.2) is 4.99 Å². The Hall–Kier alpha value is -1.81. The number of rotatable bonds is 6. The lowest BCUT2D eigenvalue weighted by atomic mass is 9.86. The number of guanidine groups is 1. The SMILES string of the molecule is CN(C)C(=O)CN=C(NCCc1cccs1)NC1CC2(CCCC2)Oc2ccccc21.I. The quantitative estimate of drug-likeness (QED) is 0.309. The van der Waals surface area contributed by atoms with E-state index in [1.807, 2.05) is 6.07 Å². The van der Waals surface area contributed by atoms with Gasteiger partial charge in [0, 0.05) is 37.5 Å². The smallest absolute Gasteiger partial charge is 0.243 e. The Balaban J connectivity index is 0.00000289. The van der Waals surface area contributed by atoms with E-state index in [1.54, 1.807) is 30.3 Å². The van der Waals surface area contributed by atoms with Gasteiger partial charge in [0.05, 0.1) is 6.04 Å². The van der Waals surface area contributed by atoms with Crippen LogP contribution in [0.25, 0.3) is 0 Å². The molecule has 174 valence electrons. The van der Waals surface area contributed by atoms with Gasteiger partial charge in [-0.3, -0.25) is 4.79 Å². The molecule has 4 rings (SSSR count). The molecule has 1 spiro atoms. The lowest BCUT2D eigenvalue weighted by Crippen LogP contribution is -2.47. The lowest BCUT2D eigenvalue weighted by Gasteiger charge is -2.40. The van der Waals surface area contributed by atoms with E-state index in [1.165, 1.54) is 17.7 Å². The predicted octanol–water partition coefficient (Wildman–Crippen LogP) is 4.37. The second kappa shape index (κ2) is 11.4. The van der Waals surface area contributed by atoms with Crippen LogP contribution in [0.15, 0.2) is 46.8 Å². The molecule has 32 heavy (non-hydrogen) atoms. The van der Waals surface area contributed by atoms with Crippen molar-refractivity contribution in [3.05, 3.63) is 52.2 Å². The lowest BCUT2D eigenvalue weighted by molar-refractivity contribution is -0.127. The second-order valence-corrected chi connectivity index (χ2v) is 9.67. The number of fused-ring (bicyclic) bond motifs is 1. The molecule has 6 nitrogen and oxygen atoms in total. The molecule has 0 saturated heterocycles. The van der Waals surface area contributed by atoms with E-state index in [9.17, 15) is 4.79 Å². The van der Waals surface area contributed by atoms with Crippen LogP contribution in [-0.4, -0.2) is 49.6 Å². The average molecular weight is 569 g/mol. The summed E-state index contributed by atoms with van der Waals surface area (Å²) in [7, 11) is 3.52. The third kappa shape index (κ3) is 6.15. The van der Waals surface area contributed by atoms with Gasteiger partial charge in [0.15, 0.2) is 5.96 Å². The van der Waals surface area contributed by atoms with E-state index in [2.05, 4.69) is 51.3 Å². The van der Waals surface area contributed by atoms with Crippen LogP contribution in [0.2, 0.25) is 0 Å². The highest BCUT2D eigenvalue weighted by Gasteiger charge is 2.43. The maximum atomic E-state index is 12.1. The van der Waals surface area contributed by atoms with Crippen molar-refractivity contribution in [1.82, 2.24) is 15.5 Å². The van der Waals surface area contributed by atoms with Crippen LogP contribution >= 0.6 is 35.3 Å². The van der Waals surface area contributed by atoms with Crippen LogP contribution < -0.4 is 15.4 Å². The highest BCUT2D eigenvalue weighted by Crippen LogP contribution is 2.46. The summed E-state index contributed by atoms with van der Waals surface area (Å²) >= 11 is 1.76. The summed E-state index contributed by atoms with van der Waals surface area (Å²) in [5.74, 6) is 1.64. The summed E-state index contributed by atoms with van der Waals surface area (Å²) in [6.07, 6.45) is 6.46. The van der Waals surface area contributed by atoms with Gasteiger partial charge in [-0.1, -0.05) is 24.3 Å². The van der Waals surface area contributed by atoms with Gasteiger partial charge in [0.2, 0.25) is 5.91 Å². The molecule has 1 saturated carbocycles. The molecule has 2 aliphatic rings. The summed E-state index contributed by atoms with van der Waals surface area (Å²) in [5.41, 5.74) is 1.07. The number of amides is 1. The van der Waals surface area contributed by atoms with Crippen LogP contribution in [0.3, 0.4) is 0 Å². The fraction of sp³-hybridized carbons (Fsp3) is 0.500. The molecule has 1 aliphatic carbocycles. The van der Waals surface area contributed by atoms with Crippen LogP contribution in [-0.2, 0) is 11.2 Å². The molecule has 1 aliphatic heterocycles. The van der Waals surface area contributed by atoms with Crippen LogP contribution in [0, 0.1) is 0 Å². The van der Waals surface area contributed by atoms with Gasteiger partial charge < -0.3 is 20.3 Å². The van der Waals surface area contributed by atoms with Crippen LogP contribution in [0.4, 0.5) is 0 Å². The van der Waals surface area contributed by atoms with E-state index < -0.39 is 0 Å². The topological polar surface area (TPSA) is 66.0 Å². The van der Waals surface area contributed by atoms with E-state index in [4.69, 9.17) is 4.74 Å². The first-order valence-corrected chi connectivity index (χ1v) is 12.0. The van der Waals surface area contributed by atoms with E-state index in [-0.39, 0.29) is 48.1 Å². The highest BCUT2D eigenvalue weighted by molar-refractivity contribution is 14.0. The number of thiophene rings is 1. The minimum Gasteiger partial charge on any atom is -0.487 e. The highest BCUT2D eigenvalue weighted by atomic mass is 127. The van der Waals surface area contributed by atoms with Crippen molar-refractivity contribution in [2.45, 2.75) is 50.2 Å². The van der Waals surface area contributed by atoms with Crippen molar-refractivity contribution in [1.29, 1.82) is 0 Å². The Morgan fingerprint density at radius 3 is 2.72 bits per heavy atom. The number of carbonyl (C=O) groups is 1. The first kappa shape index (κ1) is 24.8. The first-order valence-electron chi connectivity index (χ1n) is 11.1. The number of nitrogens with one attached hydrogen (secondary N) is 2. The van der Waals surface area contributed by atoms with E-state index in [0.717, 1.165) is 43.5 Å². The molecule has 1 aromatic carbocycles. The molecular formula is C24H33IN4O2S. The molecule has 0 bridgehead atoms. The van der Waals surface area contributed by atoms with Crippen LogP contribution in [0.5, 0.6) is 5.75 Å². The summed E-state index contributed by atoms with van der Waals surface area (Å²) in [6.45, 7) is 0.885. The van der Waals surface area contributed by atoms with E-state index in [0.29, 0.717) is 5.96 Å². The Kier molecular flexibility index (Phi) is 8.81. The number of para-hydroxylation sites is 1. The molecule has 1 amide bonds. The van der Waals surface area contributed by atoms with Gasteiger partial charge in [-0.15, -0.1) is 35.3 Å². The number of aliphatic imine (C=N–C) groups is 1. The van der Waals surface area contributed by atoms with Crippen molar-refractivity contribution in [2.24, 2.45) is 4.99 Å². The molecule has 8 heteroatoms. The molecule has 1 atom stereocenters. The monoisotopic (exact) mass is 568 g/mol. The minimum atomic E-state index is -0.0897. The zero-order valence-corrected chi connectivity index (χ0v) is 21.9. The number of carbonyl (C=O) groups excluding carboxylic acids is 1. The molecular weight excluding hydrogens is 535 g/mol. The van der Waals surface area contributed by atoms with Crippen molar-refractivity contribution >= 4 is 47.2 Å². The third-order valence-corrected chi connectivity index (χ3v) is 7.07. The molecule has 2 heterocycles. The third-order valence-electron chi connectivity index (χ3n) is 6.14. The fourth-order valence-corrected chi connectivity index (χ4v) is 5.15. The minimum absolute atomic E-state index is 0. The predicted molar refractivity (Wildman–Crippen MR) is 141 cm³/mol. The number of ether oxygens (including phenoxy) is 1. The molecule has 1 fully saturated rings. The normalized spacial score (nSPS) is 18.9. The number of hydrogen-bond acceptors (Lipinski definition) is 4. The zero-order valence-electron chi connectivity index (χ0n) is 18.8. The number of nitrogens with zero attached hydrogens (tertiary/aromatic N) is 2.